The summed E-state index contributed by atoms with van der Waals surface area (Å²) in [5.41, 5.74) is 1.82. The zero-order chi connectivity index (χ0) is 15.4. The third-order valence-electron chi connectivity index (χ3n) is 2.85. The Morgan fingerprint density at radius 3 is 2.86 bits per heavy atom. The second-order valence-electron chi connectivity index (χ2n) is 4.40. The quantitative estimate of drug-likeness (QED) is 0.427. The lowest BCUT2D eigenvalue weighted by Crippen LogP contribution is -2.15. The molecular formula is C15H12N2O4S. The van der Waals surface area contributed by atoms with Gasteiger partial charge in [-0.3, -0.25) is 9.59 Å². The van der Waals surface area contributed by atoms with Crippen LogP contribution in [0.2, 0.25) is 0 Å². The summed E-state index contributed by atoms with van der Waals surface area (Å²) >= 11 is 1.13. The largest absolute Gasteiger partial charge is 0.457 e. The van der Waals surface area contributed by atoms with Crippen molar-refractivity contribution in [2.45, 2.75) is 5.22 Å². The molecule has 1 N–H and O–H groups in total. The summed E-state index contributed by atoms with van der Waals surface area (Å²) < 4.78 is 10.4. The van der Waals surface area contributed by atoms with Gasteiger partial charge in [0.1, 0.15) is 11.3 Å². The molecule has 0 atom stereocenters. The topological polar surface area (TPSA) is 85.2 Å². The SMILES string of the molecule is O=C(CSc1nc2ccccc2o1)OCC(=O)c1ccc[nH]1. The van der Waals surface area contributed by atoms with Gasteiger partial charge in [0.2, 0.25) is 5.78 Å². The Bertz CT molecular complexity index is 762. The van der Waals surface area contributed by atoms with Gasteiger partial charge in [-0.1, -0.05) is 23.9 Å². The van der Waals surface area contributed by atoms with E-state index in [2.05, 4.69) is 9.97 Å². The predicted molar refractivity (Wildman–Crippen MR) is 80.8 cm³/mol. The Kier molecular flexibility index (Phi) is 4.24. The summed E-state index contributed by atoms with van der Waals surface area (Å²) in [5, 5.41) is 0.397. The van der Waals surface area contributed by atoms with Crippen LogP contribution in [0.25, 0.3) is 11.1 Å². The van der Waals surface area contributed by atoms with Crippen LogP contribution in [0.15, 0.2) is 52.2 Å². The maximum absolute atomic E-state index is 11.7. The maximum Gasteiger partial charge on any atom is 0.316 e. The van der Waals surface area contributed by atoms with E-state index in [4.69, 9.17) is 9.15 Å². The number of aromatic nitrogens is 2. The number of oxazole rings is 1. The number of para-hydroxylation sites is 2. The third-order valence-corrected chi connectivity index (χ3v) is 3.65. The van der Waals surface area contributed by atoms with E-state index < -0.39 is 5.97 Å². The van der Waals surface area contributed by atoms with Crippen molar-refractivity contribution >= 4 is 34.6 Å². The van der Waals surface area contributed by atoms with E-state index in [1.807, 2.05) is 18.2 Å². The highest BCUT2D eigenvalue weighted by molar-refractivity contribution is 7.99. The van der Waals surface area contributed by atoms with Crippen molar-refractivity contribution in [2.24, 2.45) is 0 Å². The number of hydrogen-bond donors (Lipinski definition) is 1. The molecule has 0 amide bonds. The Balaban J connectivity index is 1.49. The van der Waals surface area contributed by atoms with Crippen molar-refractivity contribution < 1.29 is 18.7 Å². The Labute approximate surface area is 129 Å². The van der Waals surface area contributed by atoms with Crippen molar-refractivity contribution in [1.82, 2.24) is 9.97 Å². The van der Waals surface area contributed by atoms with Crippen molar-refractivity contribution in [3.05, 3.63) is 48.3 Å². The van der Waals surface area contributed by atoms with Crippen molar-refractivity contribution in [1.29, 1.82) is 0 Å². The molecular weight excluding hydrogens is 304 g/mol. The van der Waals surface area contributed by atoms with Crippen LogP contribution in [0, 0.1) is 0 Å². The first-order valence-electron chi connectivity index (χ1n) is 6.53. The number of nitrogens with one attached hydrogen (secondary N) is 1. The van der Waals surface area contributed by atoms with Gasteiger partial charge in [-0.05, 0) is 24.3 Å². The molecule has 0 saturated carbocycles. The van der Waals surface area contributed by atoms with Crippen LogP contribution in [0.3, 0.4) is 0 Å². The van der Waals surface area contributed by atoms with Crippen LogP contribution in [-0.4, -0.2) is 34.1 Å². The first kappa shape index (κ1) is 14.4. The molecule has 0 unspecified atom stereocenters. The Hall–Kier alpha value is -2.54. The maximum atomic E-state index is 11.7. The van der Waals surface area contributed by atoms with Crippen molar-refractivity contribution in [3.8, 4) is 0 Å². The van der Waals surface area contributed by atoms with Crippen LogP contribution < -0.4 is 0 Å². The number of Topliss-reactive ketones (excluding diaryl/α,β-unsaturated/α-hetero) is 1. The molecule has 0 aliphatic carbocycles. The highest BCUT2D eigenvalue weighted by Gasteiger charge is 2.13. The molecule has 112 valence electrons. The molecule has 0 radical (unpaired) electrons. The lowest BCUT2D eigenvalue weighted by Gasteiger charge is -2.01. The number of rotatable bonds is 6. The first-order valence-corrected chi connectivity index (χ1v) is 7.51. The predicted octanol–water partition coefficient (Wildman–Crippen LogP) is 2.67. The lowest BCUT2D eigenvalue weighted by atomic mass is 10.3. The number of H-pyrrole nitrogens is 1. The number of thioether (sulfide) groups is 1. The molecule has 0 fully saturated rings. The first-order chi connectivity index (χ1) is 10.7. The average molecular weight is 316 g/mol. The zero-order valence-electron chi connectivity index (χ0n) is 11.4. The van der Waals surface area contributed by atoms with Gasteiger partial charge in [0.15, 0.2) is 12.2 Å². The molecule has 7 heteroatoms. The van der Waals surface area contributed by atoms with Gasteiger partial charge in [0.05, 0.1) is 5.69 Å². The van der Waals surface area contributed by atoms with Crippen molar-refractivity contribution in [3.63, 3.8) is 0 Å². The van der Waals surface area contributed by atoms with Gasteiger partial charge < -0.3 is 14.1 Å². The van der Waals surface area contributed by atoms with Gasteiger partial charge in [0.25, 0.3) is 5.22 Å². The number of carbonyl (C=O) groups excluding carboxylic acids is 2. The molecule has 22 heavy (non-hydrogen) atoms. The van der Waals surface area contributed by atoms with Gasteiger partial charge in [-0.2, -0.15) is 0 Å². The minimum absolute atomic E-state index is 0.0326. The summed E-state index contributed by atoms with van der Waals surface area (Å²) in [6.07, 6.45) is 1.64. The number of ether oxygens (including phenoxy) is 1. The standard InChI is InChI=1S/C15H12N2O4S/c18-12(10-5-3-7-16-10)8-20-14(19)9-22-15-17-11-4-1-2-6-13(11)21-15/h1-7,16H,8-9H2. The molecule has 3 aromatic rings. The van der Waals surface area contributed by atoms with E-state index in [0.717, 1.165) is 17.3 Å². The lowest BCUT2D eigenvalue weighted by molar-refractivity contribution is -0.139. The van der Waals surface area contributed by atoms with Crippen LogP contribution in [0.5, 0.6) is 0 Å². The van der Waals surface area contributed by atoms with Crippen LogP contribution in [0.4, 0.5) is 0 Å². The second-order valence-corrected chi connectivity index (χ2v) is 5.33. The molecule has 6 nitrogen and oxygen atoms in total. The van der Waals surface area contributed by atoms with Crippen LogP contribution in [-0.2, 0) is 9.53 Å². The van der Waals surface area contributed by atoms with E-state index in [-0.39, 0.29) is 18.1 Å². The molecule has 3 rings (SSSR count). The van der Waals surface area contributed by atoms with Gasteiger partial charge >= 0.3 is 5.97 Å². The summed E-state index contributed by atoms with van der Waals surface area (Å²) in [6, 6.07) is 10.7. The fourth-order valence-corrected chi connectivity index (χ4v) is 2.44. The number of carbonyl (C=O) groups is 2. The number of esters is 1. The van der Waals surface area contributed by atoms with Gasteiger partial charge in [0, 0.05) is 6.20 Å². The van der Waals surface area contributed by atoms with E-state index in [1.165, 1.54) is 0 Å². The average Bonchev–Trinajstić information content (AvgIpc) is 3.19. The molecule has 2 aromatic heterocycles. The summed E-state index contributed by atoms with van der Waals surface area (Å²) in [4.78, 5) is 30.3. The molecule has 1 aromatic carbocycles. The number of benzene rings is 1. The Morgan fingerprint density at radius 2 is 2.09 bits per heavy atom. The summed E-state index contributed by atoms with van der Waals surface area (Å²) in [7, 11) is 0. The highest BCUT2D eigenvalue weighted by atomic mass is 32.2. The highest BCUT2D eigenvalue weighted by Crippen LogP contribution is 2.23. The Morgan fingerprint density at radius 1 is 1.23 bits per heavy atom. The molecule has 0 bridgehead atoms. The number of hydrogen-bond acceptors (Lipinski definition) is 6. The number of nitrogens with zero attached hydrogens (tertiary/aromatic N) is 1. The van der Waals surface area contributed by atoms with Crippen LogP contribution in [0.1, 0.15) is 10.5 Å². The van der Waals surface area contributed by atoms with E-state index in [1.54, 1.807) is 24.4 Å². The number of ketones is 1. The molecule has 0 saturated heterocycles. The summed E-state index contributed by atoms with van der Waals surface area (Å²) in [6.45, 7) is -0.284. The van der Waals surface area contributed by atoms with Gasteiger partial charge in [-0.15, -0.1) is 0 Å². The smallest absolute Gasteiger partial charge is 0.316 e. The minimum Gasteiger partial charge on any atom is -0.457 e. The van der Waals surface area contributed by atoms with E-state index >= 15 is 0 Å². The fourth-order valence-electron chi connectivity index (χ4n) is 1.80. The molecule has 0 spiro atoms. The number of fused-ring (bicyclic) bond motifs is 1. The molecule has 2 heterocycles. The van der Waals surface area contributed by atoms with E-state index in [9.17, 15) is 9.59 Å². The normalized spacial score (nSPS) is 10.7. The zero-order valence-corrected chi connectivity index (χ0v) is 12.3. The third kappa shape index (κ3) is 3.37. The minimum atomic E-state index is -0.493. The number of aromatic amines is 1. The second kappa shape index (κ2) is 6.48. The monoisotopic (exact) mass is 316 g/mol. The van der Waals surface area contributed by atoms with Crippen molar-refractivity contribution in [2.75, 3.05) is 12.4 Å². The molecule has 0 aliphatic heterocycles. The summed E-state index contributed by atoms with van der Waals surface area (Å²) in [5.74, 6) is -0.734. The van der Waals surface area contributed by atoms with Gasteiger partial charge in [-0.25, -0.2) is 4.98 Å². The molecule has 0 aliphatic rings. The fraction of sp³-hybridized carbons (Fsp3) is 0.133. The van der Waals surface area contributed by atoms with E-state index in [0.29, 0.717) is 16.5 Å². The van der Waals surface area contributed by atoms with Crippen LogP contribution >= 0.6 is 11.8 Å².